The summed E-state index contributed by atoms with van der Waals surface area (Å²) in [7, 11) is 3.48. The lowest BCUT2D eigenvalue weighted by molar-refractivity contribution is 0.00693. The van der Waals surface area contributed by atoms with Gasteiger partial charge in [-0.1, -0.05) is 0 Å². The molecule has 0 spiro atoms. The standard InChI is InChI=1S/C11H25NO2/c1-9(7-11(3,4)14-6)12-10(2)8-13-5/h9-10,12H,7-8H2,1-6H3. The van der Waals surface area contributed by atoms with Gasteiger partial charge in [0.15, 0.2) is 0 Å². The lowest BCUT2D eigenvalue weighted by atomic mass is 9.99. The van der Waals surface area contributed by atoms with Crippen LogP contribution in [-0.4, -0.2) is 38.5 Å². The van der Waals surface area contributed by atoms with E-state index >= 15 is 0 Å². The van der Waals surface area contributed by atoms with E-state index in [4.69, 9.17) is 9.47 Å². The maximum atomic E-state index is 5.38. The van der Waals surface area contributed by atoms with Crippen molar-refractivity contribution in [1.82, 2.24) is 5.32 Å². The summed E-state index contributed by atoms with van der Waals surface area (Å²) in [4.78, 5) is 0. The van der Waals surface area contributed by atoms with Gasteiger partial charge in [-0.3, -0.25) is 0 Å². The fraction of sp³-hybridized carbons (Fsp3) is 1.00. The smallest absolute Gasteiger partial charge is 0.0637 e. The average Bonchev–Trinajstić information content (AvgIpc) is 2.03. The number of methoxy groups -OCH3 is 2. The van der Waals surface area contributed by atoms with Crippen molar-refractivity contribution in [2.24, 2.45) is 0 Å². The van der Waals surface area contributed by atoms with Gasteiger partial charge in [0.2, 0.25) is 0 Å². The highest BCUT2D eigenvalue weighted by Gasteiger charge is 2.20. The Kier molecular flexibility index (Phi) is 6.33. The SMILES string of the molecule is COCC(C)NC(C)CC(C)(C)OC. The first-order valence-corrected chi connectivity index (χ1v) is 5.21. The summed E-state index contributed by atoms with van der Waals surface area (Å²) in [6.45, 7) is 9.25. The Morgan fingerprint density at radius 3 is 2.14 bits per heavy atom. The van der Waals surface area contributed by atoms with Gasteiger partial charge in [-0.15, -0.1) is 0 Å². The van der Waals surface area contributed by atoms with Crippen LogP contribution in [-0.2, 0) is 9.47 Å². The minimum Gasteiger partial charge on any atom is -0.383 e. The third kappa shape index (κ3) is 6.35. The highest BCUT2D eigenvalue weighted by Crippen LogP contribution is 2.15. The number of nitrogens with one attached hydrogen (secondary N) is 1. The van der Waals surface area contributed by atoms with Crippen molar-refractivity contribution in [2.75, 3.05) is 20.8 Å². The van der Waals surface area contributed by atoms with Gasteiger partial charge in [0.1, 0.15) is 0 Å². The summed E-state index contributed by atoms with van der Waals surface area (Å²) in [5, 5.41) is 3.47. The second kappa shape index (κ2) is 6.38. The molecule has 0 aliphatic heterocycles. The normalized spacial score (nSPS) is 16.7. The molecule has 2 unspecified atom stereocenters. The maximum Gasteiger partial charge on any atom is 0.0637 e. The largest absolute Gasteiger partial charge is 0.383 e. The van der Waals surface area contributed by atoms with E-state index in [1.165, 1.54) is 0 Å². The monoisotopic (exact) mass is 203 g/mol. The van der Waals surface area contributed by atoms with E-state index in [1.807, 2.05) is 0 Å². The highest BCUT2D eigenvalue weighted by atomic mass is 16.5. The average molecular weight is 203 g/mol. The molecule has 86 valence electrons. The van der Waals surface area contributed by atoms with Crippen molar-refractivity contribution in [3.8, 4) is 0 Å². The van der Waals surface area contributed by atoms with Gasteiger partial charge in [-0.2, -0.15) is 0 Å². The van der Waals surface area contributed by atoms with E-state index in [-0.39, 0.29) is 5.60 Å². The van der Waals surface area contributed by atoms with Gasteiger partial charge >= 0.3 is 0 Å². The quantitative estimate of drug-likeness (QED) is 0.684. The van der Waals surface area contributed by atoms with Crippen LogP contribution in [0.25, 0.3) is 0 Å². The second-order valence-electron chi connectivity index (χ2n) is 4.59. The topological polar surface area (TPSA) is 30.5 Å². The van der Waals surface area contributed by atoms with Crippen LogP contribution in [0.5, 0.6) is 0 Å². The molecule has 0 fully saturated rings. The van der Waals surface area contributed by atoms with Crippen LogP contribution in [0.3, 0.4) is 0 Å². The van der Waals surface area contributed by atoms with Crippen molar-refractivity contribution >= 4 is 0 Å². The second-order valence-corrected chi connectivity index (χ2v) is 4.59. The van der Waals surface area contributed by atoms with Crippen LogP contribution in [0.1, 0.15) is 34.1 Å². The Morgan fingerprint density at radius 1 is 1.14 bits per heavy atom. The molecule has 0 aromatic heterocycles. The Hall–Kier alpha value is -0.120. The van der Waals surface area contributed by atoms with E-state index in [9.17, 15) is 0 Å². The summed E-state index contributed by atoms with van der Waals surface area (Å²) in [5.41, 5.74) is -0.0563. The summed E-state index contributed by atoms with van der Waals surface area (Å²) in [5.74, 6) is 0. The van der Waals surface area contributed by atoms with Crippen LogP contribution >= 0.6 is 0 Å². The molecule has 14 heavy (non-hydrogen) atoms. The molecule has 0 saturated heterocycles. The van der Waals surface area contributed by atoms with E-state index in [0.29, 0.717) is 12.1 Å². The molecule has 0 aliphatic rings. The predicted molar refractivity (Wildman–Crippen MR) is 59.6 cm³/mol. The minimum atomic E-state index is -0.0563. The lowest BCUT2D eigenvalue weighted by Crippen LogP contribution is -2.41. The van der Waals surface area contributed by atoms with Crippen LogP contribution in [0, 0.1) is 0 Å². The Labute approximate surface area is 88.2 Å². The molecule has 3 nitrogen and oxygen atoms in total. The van der Waals surface area contributed by atoms with Gasteiger partial charge in [-0.05, 0) is 34.1 Å². The van der Waals surface area contributed by atoms with E-state index in [0.717, 1.165) is 13.0 Å². The number of ether oxygens (including phenoxy) is 2. The third-order valence-corrected chi connectivity index (χ3v) is 2.34. The molecule has 0 bridgehead atoms. The molecule has 2 atom stereocenters. The highest BCUT2D eigenvalue weighted by molar-refractivity contribution is 4.77. The summed E-state index contributed by atoms with van der Waals surface area (Å²) in [6, 6.07) is 0.831. The number of rotatable bonds is 7. The van der Waals surface area contributed by atoms with Crippen molar-refractivity contribution in [3.05, 3.63) is 0 Å². The summed E-state index contributed by atoms with van der Waals surface area (Å²) in [6.07, 6.45) is 0.998. The van der Waals surface area contributed by atoms with Crippen LogP contribution < -0.4 is 5.32 Å². The van der Waals surface area contributed by atoms with Crippen molar-refractivity contribution in [2.45, 2.75) is 51.8 Å². The third-order valence-electron chi connectivity index (χ3n) is 2.34. The fourth-order valence-corrected chi connectivity index (χ4v) is 1.66. The summed E-state index contributed by atoms with van der Waals surface area (Å²) >= 11 is 0. The van der Waals surface area contributed by atoms with Gasteiger partial charge in [0.25, 0.3) is 0 Å². The molecule has 0 aromatic carbocycles. The molecular weight excluding hydrogens is 178 g/mol. The molecule has 0 rings (SSSR count). The van der Waals surface area contributed by atoms with Gasteiger partial charge < -0.3 is 14.8 Å². The van der Waals surface area contributed by atoms with Gasteiger partial charge in [-0.25, -0.2) is 0 Å². The molecule has 0 amide bonds. The molecule has 0 heterocycles. The molecular formula is C11H25NO2. The van der Waals surface area contributed by atoms with Gasteiger partial charge in [0.05, 0.1) is 12.2 Å². The Bertz CT molecular complexity index is 148. The molecule has 1 N–H and O–H groups in total. The van der Waals surface area contributed by atoms with Crippen molar-refractivity contribution < 1.29 is 9.47 Å². The first-order valence-electron chi connectivity index (χ1n) is 5.21. The molecule has 0 aromatic rings. The fourth-order valence-electron chi connectivity index (χ4n) is 1.66. The van der Waals surface area contributed by atoms with E-state index in [1.54, 1.807) is 14.2 Å². The zero-order chi connectivity index (χ0) is 11.2. The minimum absolute atomic E-state index is 0.0563. The van der Waals surface area contributed by atoms with Crippen LogP contribution in [0.15, 0.2) is 0 Å². The lowest BCUT2D eigenvalue weighted by Gasteiger charge is -2.28. The molecule has 0 aliphatic carbocycles. The summed E-state index contributed by atoms with van der Waals surface area (Å²) < 4.78 is 10.4. The zero-order valence-electron chi connectivity index (χ0n) is 10.4. The van der Waals surface area contributed by atoms with E-state index < -0.39 is 0 Å². The molecule has 0 radical (unpaired) electrons. The van der Waals surface area contributed by atoms with Gasteiger partial charge in [0, 0.05) is 26.3 Å². The first-order chi connectivity index (χ1) is 6.41. The number of hydrogen-bond acceptors (Lipinski definition) is 3. The predicted octanol–water partition coefficient (Wildman–Crippen LogP) is 1.81. The maximum absolute atomic E-state index is 5.38. The van der Waals surface area contributed by atoms with Crippen LogP contribution in [0.2, 0.25) is 0 Å². The molecule has 0 saturated carbocycles. The Balaban J connectivity index is 3.79. The van der Waals surface area contributed by atoms with Crippen molar-refractivity contribution in [3.63, 3.8) is 0 Å². The number of hydrogen-bond donors (Lipinski definition) is 1. The first kappa shape index (κ1) is 13.9. The van der Waals surface area contributed by atoms with Crippen molar-refractivity contribution in [1.29, 1.82) is 0 Å². The Morgan fingerprint density at radius 2 is 1.71 bits per heavy atom. The van der Waals surface area contributed by atoms with E-state index in [2.05, 4.69) is 33.0 Å². The van der Waals surface area contributed by atoms with Crippen LogP contribution in [0.4, 0.5) is 0 Å². The molecule has 3 heteroatoms. The zero-order valence-corrected chi connectivity index (χ0v) is 10.4.